The molecule has 136 valence electrons. The van der Waals surface area contributed by atoms with Crippen LogP contribution in [0.2, 0.25) is 0 Å². The molecule has 1 aliphatic carbocycles. The van der Waals surface area contributed by atoms with E-state index in [0.29, 0.717) is 22.3 Å². The maximum atomic E-state index is 13.0. The Balaban J connectivity index is 1.88. The van der Waals surface area contributed by atoms with Gasteiger partial charge in [-0.15, -0.1) is 0 Å². The molecule has 3 heteroatoms. The number of fused-ring (bicyclic) bond motifs is 2. The fourth-order valence-electron chi connectivity index (χ4n) is 3.45. The third-order valence-corrected chi connectivity index (χ3v) is 5.01. The average molecular weight is 349 g/mol. The number of unbranched alkanes of at least 4 members (excludes halogenated alkanes) is 3. The summed E-state index contributed by atoms with van der Waals surface area (Å²) in [7, 11) is 0. The van der Waals surface area contributed by atoms with Gasteiger partial charge in [-0.2, -0.15) is 0 Å². The Morgan fingerprint density at radius 3 is 2.12 bits per heavy atom. The Morgan fingerprint density at radius 2 is 1.38 bits per heavy atom. The molecule has 0 radical (unpaired) electrons. The van der Waals surface area contributed by atoms with Gasteiger partial charge in [0.1, 0.15) is 0 Å². The smallest absolute Gasteiger partial charge is 0.194 e. The Bertz CT molecular complexity index is 757. The van der Waals surface area contributed by atoms with E-state index in [1.54, 1.807) is 6.07 Å². The van der Waals surface area contributed by atoms with E-state index < -0.39 is 0 Å². The summed E-state index contributed by atoms with van der Waals surface area (Å²) in [6, 6.07) is 11.2. The zero-order chi connectivity index (χ0) is 18.5. The molecular formula is C23H27NO2. The van der Waals surface area contributed by atoms with Crippen LogP contribution in [0.15, 0.2) is 36.4 Å². The number of aryl methyl sites for hydroxylation is 1. The van der Waals surface area contributed by atoms with E-state index >= 15 is 0 Å². The normalized spacial score (nSPS) is 12.7. The van der Waals surface area contributed by atoms with Gasteiger partial charge in [0, 0.05) is 34.5 Å². The van der Waals surface area contributed by atoms with Gasteiger partial charge in [0.2, 0.25) is 0 Å². The third-order valence-electron chi connectivity index (χ3n) is 5.01. The summed E-state index contributed by atoms with van der Waals surface area (Å²) in [6.45, 7) is 5.19. The molecule has 0 heterocycles. The van der Waals surface area contributed by atoms with Crippen LogP contribution in [0.3, 0.4) is 0 Å². The van der Waals surface area contributed by atoms with Gasteiger partial charge in [0.25, 0.3) is 0 Å². The molecule has 26 heavy (non-hydrogen) atoms. The molecule has 0 unspecified atom stereocenters. The summed E-state index contributed by atoms with van der Waals surface area (Å²) in [5.41, 5.74) is 4.17. The first-order valence-corrected chi connectivity index (χ1v) is 9.76. The lowest BCUT2D eigenvalue weighted by atomic mass is 9.82. The first kappa shape index (κ1) is 18.4. The van der Waals surface area contributed by atoms with Crippen LogP contribution in [0.1, 0.15) is 83.4 Å². The molecule has 1 N–H and O–H groups in total. The third kappa shape index (κ3) is 3.72. The molecule has 2 aromatic rings. The molecule has 0 atom stereocenters. The molecule has 0 fully saturated rings. The van der Waals surface area contributed by atoms with Crippen molar-refractivity contribution in [1.82, 2.24) is 0 Å². The highest BCUT2D eigenvalue weighted by atomic mass is 16.1. The molecule has 0 amide bonds. The standard InChI is InChI=1S/C23H27NO2/c1-3-5-7-8-16-9-11-18-20(14-16)23(26)21-15-17(24-13-6-4-2)10-12-19(21)22(18)25/h9-12,14-15,24H,3-8,13H2,1-2H3. The number of nitrogens with one attached hydrogen (secondary N) is 1. The quantitative estimate of drug-likeness (QED) is 0.553. The van der Waals surface area contributed by atoms with E-state index in [1.807, 2.05) is 30.3 Å². The number of rotatable bonds is 8. The van der Waals surface area contributed by atoms with Crippen LogP contribution in [0.5, 0.6) is 0 Å². The van der Waals surface area contributed by atoms with Gasteiger partial charge >= 0.3 is 0 Å². The minimum Gasteiger partial charge on any atom is -0.385 e. The van der Waals surface area contributed by atoms with Crippen LogP contribution in [-0.2, 0) is 6.42 Å². The number of hydrogen-bond acceptors (Lipinski definition) is 3. The molecule has 3 rings (SSSR count). The second-order valence-electron chi connectivity index (χ2n) is 7.04. The van der Waals surface area contributed by atoms with Crippen molar-refractivity contribution in [2.45, 2.75) is 52.4 Å². The highest BCUT2D eigenvalue weighted by Gasteiger charge is 2.29. The second kappa shape index (κ2) is 8.31. The van der Waals surface area contributed by atoms with Crippen molar-refractivity contribution >= 4 is 17.3 Å². The second-order valence-corrected chi connectivity index (χ2v) is 7.04. The zero-order valence-corrected chi connectivity index (χ0v) is 15.7. The Morgan fingerprint density at radius 1 is 0.731 bits per heavy atom. The summed E-state index contributed by atoms with van der Waals surface area (Å²) in [4.78, 5) is 25.9. The number of anilines is 1. The molecule has 0 aromatic heterocycles. The maximum Gasteiger partial charge on any atom is 0.194 e. The van der Waals surface area contributed by atoms with Crippen molar-refractivity contribution in [3.63, 3.8) is 0 Å². The fraction of sp³-hybridized carbons (Fsp3) is 0.391. The predicted molar refractivity (Wildman–Crippen MR) is 106 cm³/mol. The molecule has 1 aliphatic rings. The van der Waals surface area contributed by atoms with E-state index in [-0.39, 0.29) is 11.6 Å². The van der Waals surface area contributed by atoms with Gasteiger partial charge in [-0.05, 0) is 49.1 Å². The number of hydrogen-bond donors (Lipinski definition) is 1. The Kier molecular flexibility index (Phi) is 5.87. The minimum atomic E-state index is -0.0465. The SMILES string of the molecule is CCCCCc1ccc2c(c1)C(=O)c1cc(NCCCC)ccc1C2=O. The summed E-state index contributed by atoms with van der Waals surface area (Å²) in [5.74, 6) is -0.0825. The molecule has 0 aliphatic heterocycles. The Hall–Kier alpha value is -2.42. The summed E-state index contributed by atoms with van der Waals surface area (Å²) in [6.07, 6.45) is 6.61. The molecule has 0 bridgehead atoms. The number of carbonyl (C=O) groups is 2. The molecular weight excluding hydrogens is 322 g/mol. The van der Waals surface area contributed by atoms with Crippen molar-refractivity contribution < 1.29 is 9.59 Å². The maximum absolute atomic E-state index is 13.0. The number of ketones is 2. The van der Waals surface area contributed by atoms with Gasteiger partial charge < -0.3 is 5.32 Å². The zero-order valence-electron chi connectivity index (χ0n) is 15.7. The van der Waals surface area contributed by atoms with Crippen molar-refractivity contribution in [2.24, 2.45) is 0 Å². The summed E-state index contributed by atoms with van der Waals surface area (Å²) < 4.78 is 0. The van der Waals surface area contributed by atoms with Crippen molar-refractivity contribution in [2.75, 3.05) is 11.9 Å². The Labute approximate surface area is 155 Å². The molecule has 0 saturated heterocycles. The topological polar surface area (TPSA) is 46.2 Å². The average Bonchev–Trinajstić information content (AvgIpc) is 2.66. The fourth-order valence-corrected chi connectivity index (χ4v) is 3.45. The highest BCUT2D eigenvalue weighted by Crippen LogP contribution is 2.30. The van der Waals surface area contributed by atoms with Gasteiger partial charge in [-0.3, -0.25) is 9.59 Å². The lowest BCUT2D eigenvalue weighted by Gasteiger charge is -2.19. The van der Waals surface area contributed by atoms with Crippen molar-refractivity contribution in [3.05, 3.63) is 64.2 Å². The van der Waals surface area contributed by atoms with Crippen LogP contribution in [0.4, 0.5) is 5.69 Å². The van der Waals surface area contributed by atoms with Gasteiger partial charge in [-0.1, -0.05) is 45.2 Å². The molecule has 3 nitrogen and oxygen atoms in total. The van der Waals surface area contributed by atoms with E-state index in [4.69, 9.17) is 0 Å². The highest BCUT2D eigenvalue weighted by molar-refractivity contribution is 6.28. The largest absolute Gasteiger partial charge is 0.385 e. The summed E-state index contributed by atoms with van der Waals surface area (Å²) in [5, 5.41) is 3.34. The van der Waals surface area contributed by atoms with Gasteiger partial charge in [0.05, 0.1) is 0 Å². The van der Waals surface area contributed by atoms with E-state index in [1.165, 1.54) is 12.8 Å². The van der Waals surface area contributed by atoms with Crippen molar-refractivity contribution in [1.29, 1.82) is 0 Å². The van der Waals surface area contributed by atoms with Crippen molar-refractivity contribution in [3.8, 4) is 0 Å². The molecule has 0 saturated carbocycles. The van der Waals surface area contributed by atoms with E-state index in [9.17, 15) is 9.59 Å². The van der Waals surface area contributed by atoms with Gasteiger partial charge in [0.15, 0.2) is 11.6 Å². The molecule has 0 spiro atoms. The first-order valence-electron chi connectivity index (χ1n) is 9.76. The van der Waals surface area contributed by atoms with E-state index in [0.717, 1.165) is 43.5 Å². The molecule has 2 aromatic carbocycles. The van der Waals surface area contributed by atoms with Crippen LogP contribution in [0.25, 0.3) is 0 Å². The van der Waals surface area contributed by atoms with Crippen LogP contribution in [-0.4, -0.2) is 18.1 Å². The van der Waals surface area contributed by atoms with Gasteiger partial charge in [-0.25, -0.2) is 0 Å². The number of benzene rings is 2. The lowest BCUT2D eigenvalue weighted by Crippen LogP contribution is -2.21. The number of carbonyl (C=O) groups excluding carboxylic acids is 2. The lowest BCUT2D eigenvalue weighted by molar-refractivity contribution is 0.0979. The van der Waals surface area contributed by atoms with E-state index in [2.05, 4.69) is 19.2 Å². The first-order chi connectivity index (χ1) is 12.7. The monoisotopic (exact) mass is 349 g/mol. The summed E-state index contributed by atoms with van der Waals surface area (Å²) >= 11 is 0. The van der Waals surface area contributed by atoms with Crippen LogP contribution < -0.4 is 5.32 Å². The van der Waals surface area contributed by atoms with Crippen LogP contribution in [0, 0.1) is 0 Å². The predicted octanol–water partition coefficient (Wildman–Crippen LogP) is 5.41. The van der Waals surface area contributed by atoms with Crippen LogP contribution >= 0.6 is 0 Å². The minimum absolute atomic E-state index is 0.0360.